The molecular formula is C11H11N5OS. The molecule has 92 valence electrons. The van der Waals surface area contributed by atoms with Crippen molar-refractivity contribution in [3.8, 4) is 17.6 Å². The van der Waals surface area contributed by atoms with Crippen LogP contribution in [0, 0.1) is 16.1 Å². The van der Waals surface area contributed by atoms with E-state index in [0.29, 0.717) is 23.6 Å². The third-order valence-electron chi connectivity index (χ3n) is 2.38. The average Bonchev–Trinajstić information content (AvgIpc) is 2.78. The Morgan fingerprint density at radius 3 is 2.94 bits per heavy atom. The highest BCUT2D eigenvalue weighted by molar-refractivity contribution is 7.71. The maximum Gasteiger partial charge on any atom is 0.213 e. The zero-order valence-electron chi connectivity index (χ0n) is 9.78. The summed E-state index contributed by atoms with van der Waals surface area (Å²) in [5.74, 6) is 0.544. The zero-order valence-corrected chi connectivity index (χ0v) is 10.6. The molecule has 0 radical (unpaired) electrons. The Kier molecular flexibility index (Phi) is 3.69. The fourth-order valence-electron chi connectivity index (χ4n) is 1.46. The molecule has 2 aromatic heterocycles. The second kappa shape index (κ2) is 5.42. The van der Waals surface area contributed by atoms with E-state index in [1.165, 1.54) is 0 Å². The van der Waals surface area contributed by atoms with Crippen molar-refractivity contribution in [1.29, 1.82) is 5.26 Å². The highest BCUT2D eigenvalue weighted by atomic mass is 32.1. The molecule has 7 heteroatoms. The molecule has 0 spiro atoms. The van der Waals surface area contributed by atoms with Crippen molar-refractivity contribution in [3.63, 3.8) is 0 Å². The minimum atomic E-state index is 0.381. The number of hydrogen-bond donors (Lipinski definition) is 0. The van der Waals surface area contributed by atoms with Gasteiger partial charge in [-0.05, 0) is 18.3 Å². The third kappa shape index (κ3) is 2.38. The van der Waals surface area contributed by atoms with Crippen molar-refractivity contribution in [3.05, 3.63) is 29.4 Å². The summed E-state index contributed by atoms with van der Waals surface area (Å²) in [4.78, 5) is 4.11. The van der Waals surface area contributed by atoms with Gasteiger partial charge in [0.15, 0.2) is 0 Å². The van der Waals surface area contributed by atoms with E-state index in [2.05, 4.69) is 16.2 Å². The number of aryl methyl sites for hydroxylation is 1. The van der Waals surface area contributed by atoms with Crippen molar-refractivity contribution < 1.29 is 4.74 Å². The summed E-state index contributed by atoms with van der Waals surface area (Å²) in [5.41, 5.74) is 0.809. The predicted octanol–water partition coefficient (Wildman–Crippen LogP) is 1.72. The number of aromatic nitrogens is 4. The molecule has 0 aliphatic heterocycles. The van der Waals surface area contributed by atoms with E-state index in [4.69, 9.17) is 22.2 Å². The molecule has 0 aromatic carbocycles. The molecule has 6 nitrogen and oxygen atoms in total. The topological polar surface area (TPSA) is 68.7 Å². The first-order valence-electron chi connectivity index (χ1n) is 5.28. The summed E-state index contributed by atoms with van der Waals surface area (Å²) in [6, 6.07) is 5.66. The van der Waals surface area contributed by atoms with Gasteiger partial charge in [0.25, 0.3) is 0 Å². The Bertz CT molecular complexity index is 622. The van der Waals surface area contributed by atoms with Crippen LogP contribution in [0.4, 0.5) is 0 Å². The quantitative estimate of drug-likeness (QED) is 0.784. The van der Waals surface area contributed by atoms with Crippen LogP contribution in [0.25, 0.3) is 5.69 Å². The standard InChI is InChI=1S/C11H11N5OS/c1-17-10-4-3-9(7-13-10)15-8-14-16(11(15)18)6-2-5-12/h3-4,7-8H,2,6H2,1H3. The molecule has 0 unspecified atom stereocenters. The number of nitriles is 1. The van der Waals surface area contributed by atoms with Gasteiger partial charge < -0.3 is 4.74 Å². The number of methoxy groups -OCH3 is 1. The average molecular weight is 261 g/mol. The van der Waals surface area contributed by atoms with Crippen LogP contribution in [0.15, 0.2) is 24.7 Å². The molecule has 0 amide bonds. The van der Waals surface area contributed by atoms with E-state index in [1.54, 1.807) is 34.9 Å². The van der Waals surface area contributed by atoms with Gasteiger partial charge >= 0.3 is 0 Å². The summed E-state index contributed by atoms with van der Waals surface area (Å²) in [6.07, 6.45) is 3.65. The Balaban J connectivity index is 2.31. The van der Waals surface area contributed by atoms with Crippen molar-refractivity contribution >= 4 is 12.2 Å². The second-order valence-electron chi connectivity index (χ2n) is 3.47. The van der Waals surface area contributed by atoms with Gasteiger partial charge in [0.05, 0.1) is 38.0 Å². The van der Waals surface area contributed by atoms with Gasteiger partial charge in [0.1, 0.15) is 6.33 Å². The smallest absolute Gasteiger partial charge is 0.213 e. The molecule has 0 aliphatic carbocycles. The molecule has 2 heterocycles. The molecule has 2 aromatic rings. The van der Waals surface area contributed by atoms with Crippen LogP contribution in [0.2, 0.25) is 0 Å². The van der Waals surface area contributed by atoms with Gasteiger partial charge in [-0.2, -0.15) is 10.4 Å². The van der Waals surface area contributed by atoms with Crippen LogP contribution in [-0.2, 0) is 6.54 Å². The van der Waals surface area contributed by atoms with Crippen molar-refractivity contribution in [2.24, 2.45) is 0 Å². The van der Waals surface area contributed by atoms with Crippen LogP contribution < -0.4 is 4.74 Å². The predicted molar refractivity (Wildman–Crippen MR) is 67.0 cm³/mol. The Morgan fingerprint density at radius 2 is 2.33 bits per heavy atom. The number of rotatable bonds is 4. The van der Waals surface area contributed by atoms with Crippen molar-refractivity contribution in [2.45, 2.75) is 13.0 Å². The van der Waals surface area contributed by atoms with E-state index in [9.17, 15) is 0 Å². The van der Waals surface area contributed by atoms with Crippen LogP contribution in [0.3, 0.4) is 0 Å². The van der Waals surface area contributed by atoms with Crippen molar-refractivity contribution in [2.75, 3.05) is 7.11 Å². The van der Waals surface area contributed by atoms with Gasteiger partial charge in [0, 0.05) is 6.07 Å². The molecule has 0 saturated heterocycles. The lowest BCUT2D eigenvalue weighted by atomic mass is 10.4. The number of hydrogen-bond acceptors (Lipinski definition) is 5. The molecule has 18 heavy (non-hydrogen) atoms. The zero-order chi connectivity index (χ0) is 13.0. The summed E-state index contributed by atoms with van der Waals surface area (Å²) < 4.78 is 8.88. The second-order valence-corrected chi connectivity index (χ2v) is 3.84. The van der Waals surface area contributed by atoms with Gasteiger partial charge in [-0.15, -0.1) is 0 Å². The summed E-state index contributed by atoms with van der Waals surface area (Å²) in [5, 5.41) is 12.7. The highest BCUT2D eigenvalue weighted by Crippen LogP contribution is 2.11. The largest absolute Gasteiger partial charge is 0.481 e. The van der Waals surface area contributed by atoms with Gasteiger partial charge in [0.2, 0.25) is 10.7 Å². The Hall–Kier alpha value is -2.20. The lowest BCUT2D eigenvalue weighted by molar-refractivity contribution is 0.398. The lowest BCUT2D eigenvalue weighted by Crippen LogP contribution is -2.01. The molecule has 0 bridgehead atoms. The van der Waals surface area contributed by atoms with E-state index < -0.39 is 0 Å². The number of pyridine rings is 1. The van der Waals surface area contributed by atoms with E-state index >= 15 is 0 Å². The fraction of sp³-hybridized carbons (Fsp3) is 0.273. The molecule has 0 aliphatic rings. The first-order chi connectivity index (χ1) is 8.76. The number of ether oxygens (including phenoxy) is 1. The van der Waals surface area contributed by atoms with E-state index in [0.717, 1.165) is 5.69 Å². The van der Waals surface area contributed by atoms with E-state index in [1.807, 2.05) is 6.07 Å². The van der Waals surface area contributed by atoms with E-state index in [-0.39, 0.29) is 0 Å². The van der Waals surface area contributed by atoms with Crippen LogP contribution in [-0.4, -0.2) is 26.4 Å². The molecule has 0 saturated carbocycles. The molecule has 0 fully saturated rings. The lowest BCUT2D eigenvalue weighted by Gasteiger charge is -2.02. The van der Waals surface area contributed by atoms with Crippen LogP contribution in [0.1, 0.15) is 6.42 Å². The Labute approximate surface area is 109 Å². The summed E-state index contributed by atoms with van der Waals surface area (Å²) >= 11 is 5.28. The highest BCUT2D eigenvalue weighted by Gasteiger charge is 2.04. The van der Waals surface area contributed by atoms with Crippen molar-refractivity contribution in [1.82, 2.24) is 19.3 Å². The number of nitrogens with zero attached hydrogens (tertiary/aromatic N) is 5. The fourth-order valence-corrected chi connectivity index (χ4v) is 1.75. The molecule has 0 atom stereocenters. The molecular weight excluding hydrogens is 250 g/mol. The Morgan fingerprint density at radius 1 is 1.50 bits per heavy atom. The maximum absolute atomic E-state index is 8.54. The SMILES string of the molecule is COc1ccc(-n2cnn(CCC#N)c2=S)cn1. The first kappa shape index (κ1) is 12.3. The molecule has 0 N–H and O–H groups in total. The maximum atomic E-state index is 8.54. The van der Waals surface area contributed by atoms with Gasteiger partial charge in [-0.25, -0.2) is 9.67 Å². The van der Waals surface area contributed by atoms with Crippen LogP contribution in [0.5, 0.6) is 5.88 Å². The molecule has 2 rings (SSSR count). The normalized spacial score (nSPS) is 10.0. The monoisotopic (exact) mass is 261 g/mol. The minimum absolute atomic E-state index is 0.381. The van der Waals surface area contributed by atoms with Crippen LogP contribution >= 0.6 is 12.2 Å². The van der Waals surface area contributed by atoms with Gasteiger partial charge in [-0.3, -0.25) is 4.57 Å². The third-order valence-corrected chi connectivity index (χ3v) is 2.78. The minimum Gasteiger partial charge on any atom is -0.481 e. The summed E-state index contributed by atoms with van der Waals surface area (Å²) in [7, 11) is 1.56. The first-order valence-corrected chi connectivity index (χ1v) is 5.69. The van der Waals surface area contributed by atoms with Gasteiger partial charge in [-0.1, -0.05) is 0 Å². The summed E-state index contributed by atoms with van der Waals surface area (Å²) in [6.45, 7) is 0.492.